The summed E-state index contributed by atoms with van der Waals surface area (Å²) in [6, 6.07) is 15.9. The molecule has 2 aromatic rings. The van der Waals surface area contributed by atoms with E-state index in [-0.39, 0.29) is 12.1 Å². The van der Waals surface area contributed by atoms with Crippen molar-refractivity contribution in [2.24, 2.45) is 0 Å². The summed E-state index contributed by atoms with van der Waals surface area (Å²) in [7, 11) is 1.40. The van der Waals surface area contributed by atoms with Gasteiger partial charge in [-0.3, -0.25) is 0 Å². The Bertz CT molecular complexity index is 634. The quantitative estimate of drug-likeness (QED) is 0.809. The van der Waals surface area contributed by atoms with Crippen molar-refractivity contribution >= 4 is 5.97 Å². The van der Waals surface area contributed by atoms with E-state index in [1.54, 1.807) is 6.07 Å². The van der Waals surface area contributed by atoms with Crippen LogP contribution in [0.2, 0.25) is 0 Å². The van der Waals surface area contributed by atoms with Gasteiger partial charge in [0.05, 0.1) is 12.7 Å². The Morgan fingerprint density at radius 2 is 2.05 bits per heavy atom. The van der Waals surface area contributed by atoms with Gasteiger partial charge in [0.2, 0.25) is 0 Å². The summed E-state index contributed by atoms with van der Waals surface area (Å²) in [6.45, 7) is 0. The van der Waals surface area contributed by atoms with Crippen LogP contribution in [0.5, 0.6) is 5.75 Å². The van der Waals surface area contributed by atoms with Crippen LogP contribution in [0.25, 0.3) is 0 Å². The molecule has 0 fully saturated rings. The molecule has 0 radical (unpaired) electrons. The lowest BCUT2D eigenvalue weighted by Crippen LogP contribution is -2.25. The van der Waals surface area contributed by atoms with Gasteiger partial charge in [0.15, 0.2) is 0 Å². The van der Waals surface area contributed by atoms with E-state index >= 15 is 0 Å². The van der Waals surface area contributed by atoms with Gasteiger partial charge in [0.25, 0.3) is 0 Å². The molecular formula is C18H18O3. The van der Waals surface area contributed by atoms with Gasteiger partial charge < -0.3 is 9.47 Å². The van der Waals surface area contributed by atoms with Crippen molar-refractivity contribution in [3.63, 3.8) is 0 Å². The maximum Gasteiger partial charge on any atom is 0.337 e. The van der Waals surface area contributed by atoms with Crippen molar-refractivity contribution in [3.8, 4) is 5.75 Å². The van der Waals surface area contributed by atoms with Crippen LogP contribution in [0.15, 0.2) is 48.5 Å². The van der Waals surface area contributed by atoms with E-state index in [1.165, 1.54) is 12.7 Å². The summed E-state index contributed by atoms with van der Waals surface area (Å²) >= 11 is 0. The van der Waals surface area contributed by atoms with E-state index in [2.05, 4.69) is 24.3 Å². The number of carbonyl (C=O) groups is 1. The average molecular weight is 282 g/mol. The number of esters is 1. The molecule has 0 unspecified atom stereocenters. The lowest BCUT2D eigenvalue weighted by atomic mass is 9.96. The third-order valence-electron chi connectivity index (χ3n) is 3.82. The largest absolute Gasteiger partial charge is 0.490 e. The minimum atomic E-state index is -0.302. The van der Waals surface area contributed by atoms with E-state index in [1.807, 2.05) is 18.2 Å². The molecule has 3 rings (SSSR count). The zero-order valence-electron chi connectivity index (χ0n) is 12.0. The van der Waals surface area contributed by atoms with Crippen LogP contribution in [0.1, 0.15) is 27.9 Å². The van der Waals surface area contributed by atoms with Gasteiger partial charge in [-0.2, -0.15) is 0 Å². The fourth-order valence-corrected chi connectivity index (χ4v) is 2.71. The molecule has 1 aliphatic rings. The molecule has 0 bridgehead atoms. The maximum atomic E-state index is 11.5. The Morgan fingerprint density at radius 3 is 2.81 bits per heavy atom. The van der Waals surface area contributed by atoms with Crippen molar-refractivity contribution in [3.05, 3.63) is 65.2 Å². The second kappa shape index (κ2) is 6.00. The lowest BCUT2D eigenvalue weighted by Gasteiger charge is -2.26. The lowest BCUT2D eigenvalue weighted by molar-refractivity contribution is 0.0600. The number of benzene rings is 2. The van der Waals surface area contributed by atoms with Gasteiger partial charge in [-0.15, -0.1) is 0 Å². The Balaban J connectivity index is 1.73. The summed E-state index contributed by atoms with van der Waals surface area (Å²) in [6.07, 6.45) is 3.01. The Hall–Kier alpha value is -2.29. The minimum absolute atomic E-state index is 0.198. The highest BCUT2D eigenvalue weighted by Gasteiger charge is 2.21. The second-order valence-corrected chi connectivity index (χ2v) is 5.28. The number of aryl methyl sites for hydroxylation is 1. The smallest absolute Gasteiger partial charge is 0.337 e. The van der Waals surface area contributed by atoms with Crippen LogP contribution in [0.4, 0.5) is 0 Å². The topological polar surface area (TPSA) is 35.5 Å². The standard InChI is InChI=1S/C18H18O3/c1-20-18(19)15-8-10-17-14(12-15)7-9-16(21-17)11-13-5-3-2-4-6-13/h2-6,8,10,12,16H,7,9,11H2,1H3/t16-/m1/s1. The van der Waals surface area contributed by atoms with Crippen molar-refractivity contribution in [1.29, 1.82) is 0 Å². The molecule has 0 aliphatic carbocycles. The second-order valence-electron chi connectivity index (χ2n) is 5.28. The van der Waals surface area contributed by atoms with Crippen LogP contribution in [-0.4, -0.2) is 19.2 Å². The first kappa shape index (κ1) is 13.7. The van der Waals surface area contributed by atoms with Gasteiger partial charge >= 0.3 is 5.97 Å². The Morgan fingerprint density at radius 1 is 1.24 bits per heavy atom. The maximum absolute atomic E-state index is 11.5. The van der Waals surface area contributed by atoms with E-state index < -0.39 is 0 Å². The van der Waals surface area contributed by atoms with Crippen LogP contribution in [-0.2, 0) is 17.6 Å². The normalized spacial score (nSPS) is 16.7. The number of hydrogen-bond acceptors (Lipinski definition) is 3. The summed E-state index contributed by atoms with van der Waals surface area (Å²) in [5, 5.41) is 0. The van der Waals surface area contributed by atoms with Crippen LogP contribution in [0, 0.1) is 0 Å². The number of methoxy groups -OCH3 is 1. The fraction of sp³-hybridized carbons (Fsp3) is 0.278. The molecule has 1 heterocycles. The summed E-state index contributed by atoms with van der Waals surface area (Å²) in [5.41, 5.74) is 2.96. The Labute approximate surface area is 124 Å². The van der Waals surface area contributed by atoms with Crippen molar-refractivity contribution in [2.45, 2.75) is 25.4 Å². The minimum Gasteiger partial charge on any atom is -0.490 e. The molecule has 1 aliphatic heterocycles. The highest BCUT2D eigenvalue weighted by Crippen LogP contribution is 2.29. The summed E-state index contributed by atoms with van der Waals surface area (Å²) < 4.78 is 10.8. The molecular weight excluding hydrogens is 264 g/mol. The van der Waals surface area contributed by atoms with Gasteiger partial charge in [-0.1, -0.05) is 30.3 Å². The van der Waals surface area contributed by atoms with Gasteiger partial charge in [0.1, 0.15) is 11.9 Å². The highest BCUT2D eigenvalue weighted by molar-refractivity contribution is 5.89. The molecule has 3 nitrogen and oxygen atoms in total. The SMILES string of the molecule is COC(=O)c1ccc2c(c1)CC[C@H](Cc1ccccc1)O2. The van der Waals surface area contributed by atoms with E-state index in [4.69, 9.17) is 9.47 Å². The van der Waals surface area contributed by atoms with Gasteiger partial charge in [-0.05, 0) is 42.2 Å². The molecule has 0 saturated carbocycles. The Kier molecular flexibility index (Phi) is 3.91. The van der Waals surface area contributed by atoms with E-state index in [0.29, 0.717) is 5.56 Å². The van der Waals surface area contributed by atoms with Gasteiger partial charge in [-0.25, -0.2) is 4.79 Å². The molecule has 0 saturated heterocycles. The monoisotopic (exact) mass is 282 g/mol. The number of hydrogen-bond donors (Lipinski definition) is 0. The van der Waals surface area contributed by atoms with Crippen LogP contribution in [0.3, 0.4) is 0 Å². The third kappa shape index (κ3) is 3.07. The molecule has 1 atom stereocenters. The first-order valence-corrected chi connectivity index (χ1v) is 7.18. The average Bonchev–Trinajstić information content (AvgIpc) is 2.54. The molecule has 108 valence electrons. The molecule has 0 N–H and O–H groups in total. The van der Waals surface area contributed by atoms with Crippen LogP contribution < -0.4 is 4.74 Å². The molecule has 21 heavy (non-hydrogen) atoms. The predicted molar refractivity (Wildman–Crippen MR) is 80.7 cm³/mol. The first-order valence-electron chi connectivity index (χ1n) is 7.18. The molecule has 3 heteroatoms. The van der Waals surface area contributed by atoms with Crippen molar-refractivity contribution in [1.82, 2.24) is 0 Å². The molecule has 0 spiro atoms. The molecule has 0 aromatic heterocycles. The number of rotatable bonds is 3. The zero-order chi connectivity index (χ0) is 14.7. The summed E-state index contributed by atoms with van der Waals surface area (Å²) in [4.78, 5) is 11.5. The number of carbonyl (C=O) groups excluding carboxylic acids is 1. The van der Waals surface area contributed by atoms with Gasteiger partial charge in [0, 0.05) is 6.42 Å². The van der Waals surface area contributed by atoms with Crippen molar-refractivity contribution in [2.75, 3.05) is 7.11 Å². The number of fused-ring (bicyclic) bond motifs is 1. The first-order chi connectivity index (χ1) is 10.3. The summed E-state index contributed by atoms with van der Waals surface area (Å²) in [5.74, 6) is 0.582. The van der Waals surface area contributed by atoms with Crippen molar-refractivity contribution < 1.29 is 14.3 Å². The van der Waals surface area contributed by atoms with E-state index in [9.17, 15) is 4.79 Å². The molecule has 0 amide bonds. The number of ether oxygens (including phenoxy) is 2. The molecule has 2 aromatic carbocycles. The van der Waals surface area contributed by atoms with Crippen LogP contribution >= 0.6 is 0 Å². The highest BCUT2D eigenvalue weighted by atomic mass is 16.5. The van der Waals surface area contributed by atoms with E-state index in [0.717, 1.165) is 30.6 Å². The third-order valence-corrected chi connectivity index (χ3v) is 3.82. The predicted octanol–water partition coefficient (Wildman–Crippen LogP) is 3.41. The fourth-order valence-electron chi connectivity index (χ4n) is 2.71. The zero-order valence-corrected chi connectivity index (χ0v) is 12.0.